The van der Waals surface area contributed by atoms with Gasteiger partial charge in [0.1, 0.15) is 5.75 Å². The van der Waals surface area contributed by atoms with Crippen molar-refractivity contribution >= 4 is 5.97 Å². The molecule has 1 aliphatic rings. The Hall–Kier alpha value is -1.55. The first-order valence-corrected chi connectivity index (χ1v) is 5.51. The van der Waals surface area contributed by atoms with E-state index in [1.807, 2.05) is 6.07 Å². The highest BCUT2D eigenvalue weighted by molar-refractivity contribution is 5.68. The molecule has 0 aliphatic heterocycles. The maximum atomic E-state index is 10.5. The Morgan fingerprint density at radius 1 is 1.53 bits per heavy atom. The fourth-order valence-corrected chi connectivity index (χ4v) is 2.14. The minimum atomic E-state index is -0.993. The maximum absolute atomic E-state index is 10.5. The highest BCUT2D eigenvalue weighted by Gasteiger charge is 2.28. The molecule has 0 fully saturated rings. The number of fused-ring (bicyclic) bond motifs is 1. The van der Waals surface area contributed by atoms with Crippen LogP contribution in [0.1, 0.15) is 17.5 Å². The molecule has 1 aromatic carbocycles. The minimum absolute atomic E-state index is 0.342. The van der Waals surface area contributed by atoms with Crippen LogP contribution in [0.15, 0.2) is 18.2 Å². The quantitative estimate of drug-likeness (QED) is 0.826. The van der Waals surface area contributed by atoms with E-state index in [0.717, 1.165) is 11.1 Å². The number of aliphatic hydroxyl groups is 1. The van der Waals surface area contributed by atoms with Crippen LogP contribution in [0.2, 0.25) is 0 Å². The van der Waals surface area contributed by atoms with E-state index in [1.165, 1.54) is 0 Å². The van der Waals surface area contributed by atoms with Crippen LogP contribution in [0.25, 0.3) is 0 Å². The molecular weight excluding hydrogens is 220 g/mol. The Morgan fingerprint density at radius 3 is 3.00 bits per heavy atom. The van der Waals surface area contributed by atoms with E-state index in [2.05, 4.69) is 6.92 Å². The lowest BCUT2D eigenvalue weighted by atomic mass is 9.81. The Labute approximate surface area is 99.8 Å². The number of hydrogen-bond donors (Lipinski definition) is 2. The van der Waals surface area contributed by atoms with Gasteiger partial charge in [0, 0.05) is 6.42 Å². The van der Waals surface area contributed by atoms with Gasteiger partial charge in [-0.15, -0.1) is 0 Å². The molecule has 2 N–H and O–H groups in total. The van der Waals surface area contributed by atoms with Crippen LogP contribution in [-0.4, -0.2) is 28.4 Å². The zero-order chi connectivity index (χ0) is 12.5. The van der Waals surface area contributed by atoms with Crippen LogP contribution in [0.5, 0.6) is 5.75 Å². The van der Waals surface area contributed by atoms with E-state index in [9.17, 15) is 9.90 Å². The Bertz CT molecular complexity index is 437. The second-order valence-electron chi connectivity index (χ2n) is 4.48. The molecule has 0 spiro atoms. The number of rotatable bonds is 3. The largest absolute Gasteiger partial charge is 0.482 e. The topological polar surface area (TPSA) is 66.8 Å². The molecule has 0 amide bonds. The molecular formula is C13H15O4. The second-order valence-corrected chi connectivity index (χ2v) is 4.48. The summed E-state index contributed by atoms with van der Waals surface area (Å²) in [6.45, 7) is 3.41. The van der Waals surface area contributed by atoms with Gasteiger partial charge >= 0.3 is 5.97 Å². The molecule has 4 nitrogen and oxygen atoms in total. The first kappa shape index (κ1) is 11.9. The van der Waals surface area contributed by atoms with Crippen LogP contribution < -0.4 is 4.74 Å². The Balaban J connectivity index is 2.23. The molecule has 0 heterocycles. The van der Waals surface area contributed by atoms with Crippen molar-refractivity contribution in [1.82, 2.24) is 0 Å². The average molecular weight is 235 g/mol. The van der Waals surface area contributed by atoms with E-state index in [1.54, 1.807) is 12.1 Å². The molecule has 2 rings (SSSR count). The van der Waals surface area contributed by atoms with Gasteiger partial charge in [-0.05, 0) is 37.0 Å². The molecule has 0 saturated carbocycles. The van der Waals surface area contributed by atoms with Crippen LogP contribution >= 0.6 is 0 Å². The first-order chi connectivity index (χ1) is 7.98. The van der Waals surface area contributed by atoms with E-state index < -0.39 is 11.6 Å². The van der Waals surface area contributed by atoms with Gasteiger partial charge < -0.3 is 14.9 Å². The first-order valence-electron chi connectivity index (χ1n) is 5.51. The number of carbonyl (C=O) groups is 1. The summed E-state index contributed by atoms with van der Waals surface area (Å²) in [5.74, 6) is -0.396. The molecule has 91 valence electrons. The standard InChI is InChI=1S/C13H15O4/c1-13(16)6-5-10-9(7-13)3-2-4-11(10)17-8-12(14)15/h2-4,16H,1,5-8H2,(H,14,15). The van der Waals surface area contributed by atoms with Crippen molar-refractivity contribution in [2.45, 2.75) is 24.9 Å². The Morgan fingerprint density at radius 2 is 2.29 bits per heavy atom. The highest BCUT2D eigenvalue weighted by Crippen LogP contribution is 2.33. The van der Waals surface area contributed by atoms with Crippen molar-refractivity contribution < 1.29 is 19.7 Å². The summed E-state index contributed by atoms with van der Waals surface area (Å²) in [7, 11) is 0. The van der Waals surface area contributed by atoms with Crippen LogP contribution in [0.3, 0.4) is 0 Å². The molecule has 1 aliphatic carbocycles. The molecule has 1 aromatic rings. The number of carboxylic acids is 1. The lowest BCUT2D eigenvalue weighted by Gasteiger charge is -2.30. The van der Waals surface area contributed by atoms with Crippen molar-refractivity contribution in [3.63, 3.8) is 0 Å². The molecule has 4 heteroatoms. The van der Waals surface area contributed by atoms with Gasteiger partial charge in [-0.2, -0.15) is 0 Å². The van der Waals surface area contributed by atoms with Gasteiger partial charge in [0.15, 0.2) is 6.61 Å². The number of aliphatic carboxylic acids is 1. The number of carboxylic acid groups (broad SMARTS) is 1. The molecule has 0 saturated heterocycles. The van der Waals surface area contributed by atoms with E-state index in [-0.39, 0.29) is 6.61 Å². The molecule has 0 aromatic heterocycles. The summed E-state index contributed by atoms with van der Waals surface area (Å²) in [6.07, 6.45) is 1.70. The molecule has 17 heavy (non-hydrogen) atoms. The van der Waals surface area contributed by atoms with Crippen molar-refractivity contribution in [3.8, 4) is 5.75 Å². The van der Waals surface area contributed by atoms with Gasteiger partial charge in [0.05, 0.1) is 5.60 Å². The van der Waals surface area contributed by atoms with Crippen molar-refractivity contribution in [3.05, 3.63) is 36.2 Å². The highest BCUT2D eigenvalue weighted by atomic mass is 16.5. The molecule has 1 atom stereocenters. The summed E-state index contributed by atoms with van der Waals surface area (Å²) in [5, 5.41) is 18.5. The molecule has 0 bridgehead atoms. The van der Waals surface area contributed by atoms with Gasteiger partial charge in [-0.1, -0.05) is 12.1 Å². The van der Waals surface area contributed by atoms with E-state index in [0.29, 0.717) is 25.0 Å². The van der Waals surface area contributed by atoms with Gasteiger partial charge in [0.25, 0.3) is 0 Å². The summed E-state index contributed by atoms with van der Waals surface area (Å²) < 4.78 is 5.23. The van der Waals surface area contributed by atoms with Gasteiger partial charge in [-0.3, -0.25) is 0 Å². The van der Waals surface area contributed by atoms with Crippen molar-refractivity contribution in [2.24, 2.45) is 0 Å². The smallest absolute Gasteiger partial charge is 0.341 e. The zero-order valence-corrected chi connectivity index (χ0v) is 9.48. The van der Waals surface area contributed by atoms with Crippen molar-refractivity contribution in [2.75, 3.05) is 6.61 Å². The summed E-state index contributed by atoms with van der Waals surface area (Å²) in [6, 6.07) is 5.48. The average Bonchev–Trinajstić information content (AvgIpc) is 2.24. The monoisotopic (exact) mass is 235 g/mol. The van der Waals surface area contributed by atoms with E-state index >= 15 is 0 Å². The zero-order valence-electron chi connectivity index (χ0n) is 9.48. The summed E-state index contributed by atoms with van der Waals surface area (Å²) in [4.78, 5) is 10.5. The predicted molar refractivity (Wildman–Crippen MR) is 61.9 cm³/mol. The Kier molecular flexibility index (Phi) is 3.07. The number of benzene rings is 1. The lowest BCUT2D eigenvalue weighted by molar-refractivity contribution is -0.139. The van der Waals surface area contributed by atoms with Crippen LogP contribution in [0.4, 0.5) is 0 Å². The number of ether oxygens (including phenoxy) is 1. The van der Waals surface area contributed by atoms with Gasteiger partial charge in [0.2, 0.25) is 0 Å². The predicted octanol–water partition coefficient (Wildman–Crippen LogP) is 1.20. The maximum Gasteiger partial charge on any atom is 0.341 e. The summed E-state index contributed by atoms with van der Waals surface area (Å²) in [5.41, 5.74) is 1.05. The minimum Gasteiger partial charge on any atom is -0.482 e. The third-order valence-electron chi connectivity index (χ3n) is 2.94. The fraction of sp³-hybridized carbons (Fsp3) is 0.385. The third-order valence-corrected chi connectivity index (χ3v) is 2.94. The SMILES string of the molecule is [CH2]C1(O)CCc2c(cccc2OCC(=O)O)C1. The molecule has 1 unspecified atom stereocenters. The number of hydrogen-bond acceptors (Lipinski definition) is 3. The van der Waals surface area contributed by atoms with Crippen LogP contribution in [-0.2, 0) is 17.6 Å². The van der Waals surface area contributed by atoms with Crippen molar-refractivity contribution in [1.29, 1.82) is 0 Å². The van der Waals surface area contributed by atoms with E-state index in [4.69, 9.17) is 9.84 Å². The second kappa shape index (κ2) is 4.37. The van der Waals surface area contributed by atoms with Crippen LogP contribution in [0, 0.1) is 6.92 Å². The summed E-state index contributed by atoms with van der Waals surface area (Å²) >= 11 is 0. The normalized spacial score (nSPS) is 22.9. The lowest BCUT2D eigenvalue weighted by Crippen LogP contribution is -2.32. The molecule has 1 radical (unpaired) electrons. The third kappa shape index (κ3) is 2.77. The van der Waals surface area contributed by atoms with Gasteiger partial charge in [-0.25, -0.2) is 4.79 Å². The fourth-order valence-electron chi connectivity index (χ4n) is 2.14.